The molecule has 3 rings (SSSR count). The molecule has 2 N–H and O–H groups in total. The standard InChI is InChI=1S/C18H20N4O2S/c1-13-3-8-17(25-13)12-20-18(23)19-11-14-9-10-22(21-14)15-4-6-16(24-2)7-5-15/h3-10H,11-12H2,1-2H3,(H2,19,20,23). The van der Waals surface area contributed by atoms with E-state index in [-0.39, 0.29) is 6.03 Å². The number of hydrogen-bond acceptors (Lipinski definition) is 4. The highest BCUT2D eigenvalue weighted by atomic mass is 32.1. The average molecular weight is 356 g/mol. The Morgan fingerprint density at radius 1 is 1.12 bits per heavy atom. The van der Waals surface area contributed by atoms with Crippen LogP contribution in [-0.2, 0) is 13.1 Å². The molecule has 0 saturated heterocycles. The summed E-state index contributed by atoms with van der Waals surface area (Å²) in [4.78, 5) is 14.3. The predicted octanol–water partition coefficient (Wildman–Crippen LogP) is 3.25. The lowest BCUT2D eigenvalue weighted by atomic mass is 10.3. The maximum absolute atomic E-state index is 11.9. The molecule has 3 aromatic rings. The fourth-order valence-electron chi connectivity index (χ4n) is 2.32. The number of hydrogen-bond donors (Lipinski definition) is 2. The van der Waals surface area contributed by atoms with E-state index in [2.05, 4.69) is 15.7 Å². The molecule has 6 nitrogen and oxygen atoms in total. The van der Waals surface area contributed by atoms with Gasteiger partial charge in [0.05, 0.1) is 31.6 Å². The zero-order valence-corrected chi connectivity index (χ0v) is 15.0. The number of aromatic nitrogens is 2. The van der Waals surface area contributed by atoms with Crippen molar-refractivity contribution in [1.82, 2.24) is 20.4 Å². The minimum atomic E-state index is -0.204. The zero-order valence-electron chi connectivity index (χ0n) is 14.2. The first-order valence-corrected chi connectivity index (χ1v) is 8.71. The Balaban J connectivity index is 1.50. The van der Waals surface area contributed by atoms with Crippen LogP contribution in [0.15, 0.2) is 48.7 Å². The van der Waals surface area contributed by atoms with Gasteiger partial charge in [0.1, 0.15) is 5.75 Å². The van der Waals surface area contributed by atoms with E-state index in [1.807, 2.05) is 55.6 Å². The van der Waals surface area contributed by atoms with Crippen LogP contribution in [0.4, 0.5) is 4.79 Å². The number of nitrogens with zero attached hydrogens (tertiary/aromatic N) is 2. The van der Waals surface area contributed by atoms with Crippen molar-refractivity contribution in [1.29, 1.82) is 0 Å². The smallest absolute Gasteiger partial charge is 0.315 e. The molecular weight excluding hydrogens is 336 g/mol. The molecule has 1 aromatic carbocycles. The second-order valence-corrected chi connectivity index (χ2v) is 6.87. The summed E-state index contributed by atoms with van der Waals surface area (Å²) in [5.41, 5.74) is 1.72. The highest BCUT2D eigenvalue weighted by molar-refractivity contribution is 7.11. The van der Waals surface area contributed by atoms with Crippen molar-refractivity contribution >= 4 is 17.4 Å². The number of ether oxygens (including phenoxy) is 1. The molecule has 0 aliphatic carbocycles. The normalized spacial score (nSPS) is 10.5. The molecule has 0 unspecified atom stereocenters. The molecule has 2 amide bonds. The van der Waals surface area contributed by atoms with Gasteiger partial charge < -0.3 is 15.4 Å². The highest BCUT2D eigenvalue weighted by Crippen LogP contribution is 2.15. The fourth-order valence-corrected chi connectivity index (χ4v) is 3.15. The molecule has 7 heteroatoms. The molecule has 2 aromatic heterocycles. The first-order chi connectivity index (χ1) is 12.1. The summed E-state index contributed by atoms with van der Waals surface area (Å²) in [6.07, 6.45) is 1.87. The van der Waals surface area contributed by atoms with Crippen molar-refractivity contribution in [3.63, 3.8) is 0 Å². The van der Waals surface area contributed by atoms with Crippen LogP contribution < -0.4 is 15.4 Å². The van der Waals surface area contributed by atoms with Gasteiger partial charge >= 0.3 is 6.03 Å². The van der Waals surface area contributed by atoms with E-state index in [9.17, 15) is 4.79 Å². The maximum Gasteiger partial charge on any atom is 0.315 e. The zero-order chi connectivity index (χ0) is 17.6. The van der Waals surface area contributed by atoms with E-state index in [1.54, 1.807) is 23.1 Å². The first kappa shape index (κ1) is 17.0. The van der Waals surface area contributed by atoms with Gasteiger partial charge in [0.2, 0.25) is 0 Å². The van der Waals surface area contributed by atoms with E-state index in [0.717, 1.165) is 22.0 Å². The first-order valence-electron chi connectivity index (χ1n) is 7.90. The van der Waals surface area contributed by atoms with Gasteiger partial charge in [0.25, 0.3) is 0 Å². The molecule has 0 saturated carbocycles. The number of carbonyl (C=O) groups is 1. The molecule has 2 heterocycles. The number of amides is 2. The van der Waals surface area contributed by atoms with E-state index >= 15 is 0 Å². The summed E-state index contributed by atoms with van der Waals surface area (Å²) in [6.45, 7) is 2.95. The molecule has 130 valence electrons. The Kier molecular flexibility index (Phi) is 5.35. The summed E-state index contributed by atoms with van der Waals surface area (Å²) in [6, 6.07) is 13.4. The lowest BCUT2D eigenvalue weighted by Gasteiger charge is -2.05. The van der Waals surface area contributed by atoms with Crippen molar-refractivity contribution in [3.05, 3.63) is 64.1 Å². The third kappa shape index (κ3) is 4.60. The number of urea groups is 1. The van der Waals surface area contributed by atoms with Crippen molar-refractivity contribution in [3.8, 4) is 11.4 Å². The quantitative estimate of drug-likeness (QED) is 0.712. The van der Waals surface area contributed by atoms with Gasteiger partial charge in [-0.2, -0.15) is 5.10 Å². The largest absolute Gasteiger partial charge is 0.497 e. The Bertz CT molecular complexity index is 839. The van der Waals surface area contributed by atoms with Crippen LogP contribution in [-0.4, -0.2) is 22.9 Å². The molecular formula is C18H20N4O2S. The number of carbonyl (C=O) groups excluding carboxylic acids is 1. The Morgan fingerprint density at radius 3 is 2.56 bits per heavy atom. The number of benzene rings is 1. The van der Waals surface area contributed by atoms with Crippen molar-refractivity contribution in [2.75, 3.05) is 7.11 Å². The topological polar surface area (TPSA) is 68.2 Å². The average Bonchev–Trinajstić information content (AvgIpc) is 3.27. The molecule has 0 fully saturated rings. The summed E-state index contributed by atoms with van der Waals surface area (Å²) in [5, 5.41) is 10.1. The predicted molar refractivity (Wildman–Crippen MR) is 98.2 cm³/mol. The SMILES string of the molecule is COc1ccc(-n2ccc(CNC(=O)NCc3ccc(C)s3)n2)cc1. The third-order valence-corrected chi connectivity index (χ3v) is 4.63. The van der Waals surface area contributed by atoms with Crippen LogP contribution in [0.25, 0.3) is 5.69 Å². The number of thiophene rings is 1. The van der Waals surface area contributed by atoms with Crippen LogP contribution in [0.5, 0.6) is 5.75 Å². The maximum atomic E-state index is 11.9. The van der Waals surface area contributed by atoms with E-state index in [1.165, 1.54) is 4.88 Å². The van der Waals surface area contributed by atoms with E-state index < -0.39 is 0 Å². The van der Waals surface area contributed by atoms with Gasteiger partial charge in [0, 0.05) is 16.0 Å². The Labute approximate surface area is 150 Å². The van der Waals surface area contributed by atoms with Crippen LogP contribution in [0.1, 0.15) is 15.4 Å². The molecule has 0 spiro atoms. The number of rotatable bonds is 6. The Hall–Kier alpha value is -2.80. The lowest BCUT2D eigenvalue weighted by molar-refractivity contribution is 0.240. The molecule has 25 heavy (non-hydrogen) atoms. The van der Waals surface area contributed by atoms with Gasteiger partial charge in [-0.3, -0.25) is 0 Å². The second kappa shape index (κ2) is 7.85. The summed E-state index contributed by atoms with van der Waals surface area (Å²) in [5.74, 6) is 0.801. The minimum absolute atomic E-state index is 0.204. The van der Waals surface area contributed by atoms with Crippen LogP contribution in [0, 0.1) is 6.92 Å². The fraction of sp³-hybridized carbons (Fsp3) is 0.222. The third-order valence-electron chi connectivity index (χ3n) is 3.63. The van der Waals surface area contributed by atoms with Crippen molar-refractivity contribution in [2.24, 2.45) is 0 Å². The van der Waals surface area contributed by atoms with Crippen LogP contribution in [0.2, 0.25) is 0 Å². The molecule has 0 atom stereocenters. The molecule has 0 aliphatic heterocycles. The van der Waals surface area contributed by atoms with Crippen molar-refractivity contribution < 1.29 is 9.53 Å². The van der Waals surface area contributed by atoms with E-state index in [0.29, 0.717) is 13.1 Å². The molecule has 0 aliphatic rings. The second-order valence-electron chi connectivity index (χ2n) is 5.50. The summed E-state index contributed by atoms with van der Waals surface area (Å²) in [7, 11) is 1.64. The van der Waals surface area contributed by atoms with Gasteiger partial charge in [0.15, 0.2) is 0 Å². The lowest BCUT2D eigenvalue weighted by Crippen LogP contribution is -2.34. The molecule has 0 radical (unpaired) electrons. The molecule has 0 bridgehead atoms. The highest BCUT2D eigenvalue weighted by Gasteiger charge is 2.05. The van der Waals surface area contributed by atoms with Gasteiger partial charge in [-0.1, -0.05) is 0 Å². The number of methoxy groups -OCH3 is 1. The van der Waals surface area contributed by atoms with Gasteiger partial charge in [-0.25, -0.2) is 9.48 Å². The monoisotopic (exact) mass is 356 g/mol. The minimum Gasteiger partial charge on any atom is -0.497 e. The van der Waals surface area contributed by atoms with Gasteiger partial charge in [-0.05, 0) is 49.4 Å². The summed E-state index contributed by atoms with van der Waals surface area (Å²) < 4.78 is 6.91. The van der Waals surface area contributed by atoms with Crippen LogP contribution >= 0.6 is 11.3 Å². The van der Waals surface area contributed by atoms with Crippen molar-refractivity contribution in [2.45, 2.75) is 20.0 Å². The Morgan fingerprint density at radius 2 is 1.88 bits per heavy atom. The van der Waals surface area contributed by atoms with E-state index in [4.69, 9.17) is 4.74 Å². The summed E-state index contributed by atoms with van der Waals surface area (Å²) >= 11 is 1.68. The van der Waals surface area contributed by atoms with Gasteiger partial charge in [-0.15, -0.1) is 11.3 Å². The number of aryl methyl sites for hydroxylation is 1. The number of nitrogens with one attached hydrogen (secondary N) is 2. The van der Waals surface area contributed by atoms with Crippen LogP contribution in [0.3, 0.4) is 0 Å².